The smallest absolute Gasteiger partial charge is 0.0947 e. The van der Waals surface area contributed by atoms with Crippen LogP contribution in [-0.2, 0) is 11.3 Å². The van der Waals surface area contributed by atoms with Crippen molar-refractivity contribution in [3.05, 3.63) is 48.7 Å². The lowest BCUT2D eigenvalue weighted by Gasteiger charge is -2.44. The molecule has 5 nitrogen and oxygen atoms in total. The molecule has 2 saturated heterocycles. The summed E-state index contributed by atoms with van der Waals surface area (Å²) in [7, 11) is 0. The molecule has 0 bridgehead atoms. The van der Waals surface area contributed by atoms with Gasteiger partial charge in [0.05, 0.1) is 37.6 Å². The first kappa shape index (κ1) is 15.7. The van der Waals surface area contributed by atoms with E-state index in [9.17, 15) is 0 Å². The van der Waals surface area contributed by atoms with Gasteiger partial charge in [-0.2, -0.15) is 0 Å². The largest absolute Gasteiger partial charge is 0.472 e. The number of hydrogen-bond acceptors (Lipinski definition) is 5. The van der Waals surface area contributed by atoms with Crippen LogP contribution < -0.4 is 4.90 Å². The molecule has 0 N–H and O–H groups in total. The van der Waals surface area contributed by atoms with Gasteiger partial charge in [-0.1, -0.05) is 0 Å². The van der Waals surface area contributed by atoms with Crippen molar-refractivity contribution in [2.45, 2.75) is 19.4 Å². The molecule has 2 aromatic rings. The van der Waals surface area contributed by atoms with Crippen molar-refractivity contribution >= 4 is 5.69 Å². The zero-order valence-electron chi connectivity index (χ0n) is 14.1. The van der Waals surface area contributed by atoms with Crippen molar-refractivity contribution in [2.75, 3.05) is 44.3 Å². The summed E-state index contributed by atoms with van der Waals surface area (Å²) in [6.45, 7) is 6.82. The molecule has 0 aliphatic carbocycles. The monoisotopic (exact) mass is 327 g/mol. The molecular weight excluding hydrogens is 302 g/mol. The van der Waals surface area contributed by atoms with E-state index < -0.39 is 0 Å². The molecule has 1 unspecified atom stereocenters. The minimum Gasteiger partial charge on any atom is -0.472 e. The number of rotatable bonds is 3. The Bertz CT molecular complexity index is 631. The molecule has 2 aliphatic rings. The Balaban J connectivity index is 1.49. The van der Waals surface area contributed by atoms with Crippen molar-refractivity contribution < 1.29 is 9.15 Å². The van der Waals surface area contributed by atoms with E-state index in [4.69, 9.17) is 9.15 Å². The van der Waals surface area contributed by atoms with Gasteiger partial charge in [0, 0.05) is 43.4 Å². The predicted molar refractivity (Wildman–Crippen MR) is 92.9 cm³/mol. The molecule has 2 fully saturated rings. The lowest BCUT2D eigenvalue weighted by Crippen LogP contribution is -2.50. The van der Waals surface area contributed by atoms with E-state index in [1.807, 2.05) is 24.7 Å². The van der Waals surface area contributed by atoms with Crippen molar-refractivity contribution in [3.8, 4) is 0 Å². The topological polar surface area (TPSA) is 41.7 Å². The van der Waals surface area contributed by atoms with E-state index in [1.165, 1.54) is 24.1 Å². The Kier molecular flexibility index (Phi) is 4.54. The second-order valence-corrected chi connectivity index (χ2v) is 7.13. The van der Waals surface area contributed by atoms with E-state index in [0.29, 0.717) is 0 Å². The van der Waals surface area contributed by atoms with Gasteiger partial charge in [-0.25, -0.2) is 0 Å². The van der Waals surface area contributed by atoms with Gasteiger partial charge < -0.3 is 14.1 Å². The van der Waals surface area contributed by atoms with Crippen LogP contribution in [0.1, 0.15) is 18.4 Å². The summed E-state index contributed by atoms with van der Waals surface area (Å²) in [5.74, 6) is 0. The fourth-order valence-corrected chi connectivity index (χ4v) is 4.09. The maximum Gasteiger partial charge on any atom is 0.0947 e. The third kappa shape index (κ3) is 3.47. The zero-order valence-corrected chi connectivity index (χ0v) is 14.1. The van der Waals surface area contributed by atoms with Crippen LogP contribution >= 0.6 is 0 Å². The molecule has 1 atom stereocenters. The Morgan fingerprint density at radius 2 is 2.21 bits per heavy atom. The number of furan rings is 1. The summed E-state index contributed by atoms with van der Waals surface area (Å²) >= 11 is 0. The van der Waals surface area contributed by atoms with Crippen LogP contribution in [0.2, 0.25) is 0 Å². The minimum atomic E-state index is 0.203. The number of piperidine rings is 1. The number of anilines is 1. The fourth-order valence-electron chi connectivity index (χ4n) is 4.09. The number of aromatic nitrogens is 1. The predicted octanol–water partition coefficient (Wildman–Crippen LogP) is 2.79. The Morgan fingerprint density at radius 1 is 1.21 bits per heavy atom. The van der Waals surface area contributed by atoms with Crippen LogP contribution in [0.5, 0.6) is 0 Å². The van der Waals surface area contributed by atoms with Crippen LogP contribution in [0, 0.1) is 5.41 Å². The van der Waals surface area contributed by atoms with Gasteiger partial charge in [-0.05, 0) is 37.6 Å². The molecule has 0 saturated carbocycles. The van der Waals surface area contributed by atoms with Gasteiger partial charge >= 0.3 is 0 Å². The van der Waals surface area contributed by atoms with E-state index >= 15 is 0 Å². The highest BCUT2D eigenvalue weighted by atomic mass is 16.5. The standard InChI is InChI=1S/C19H25N3O2/c1-3-18(11-20-6-1)22-8-10-24-16-19(15-22)5-2-7-21(14-19)12-17-4-9-23-13-17/h1,3-4,6,9,11,13H,2,5,7-8,10,12,14-16H2. The van der Waals surface area contributed by atoms with Gasteiger partial charge in [0.2, 0.25) is 0 Å². The molecule has 0 aromatic carbocycles. The van der Waals surface area contributed by atoms with Crippen LogP contribution in [0.3, 0.4) is 0 Å². The van der Waals surface area contributed by atoms with Gasteiger partial charge in [0.1, 0.15) is 0 Å². The maximum absolute atomic E-state index is 6.02. The van der Waals surface area contributed by atoms with Crippen LogP contribution in [0.15, 0.2) is 47.5 Å². The summed E-state index contributed by atoms with van der Waals surface area (Å²) in [4.78, 5) is 9.28. The second-order valence-electron chi connectivity index (χ2n) is 7.13. The lowest BCUT2D eigenvalue weighted by atomic mass is 9.80. The molecule has 2 aliphatic heterocycles. The average Bonchev–Trinajstić information content (AvgIpc) is 3.03. The molecule has 4 rings (SSSR count). The molecule has 0 radical (unpaired) electrons. The minimum absolute atomic E-state index is 0.203. The highest BCUT2D eigenvalue weighted by Gasteiger charge is 2.39. The highest BCUT2D eigenvalue weighted by Crippen LogP contribution is 2.35. The molecule has 128 valence electrons. The van der Waals surface area contributed by atoms with Crippen molar-refractivity contribution in [1.29, 1.82) is 0 Å². The van der Waals surface area contributed by atoms with E-state index in [2.05, 4.69) is 26.9 Å². The van der Waals surface area contributed by atoms with Crippen molar-refractivity contribution in [1.82, 2.24) is 9.88 Å². The second kappa shape index (κ2) is 6.95. The Hall–Kier alpha value is -1.85. The van der Waals surface area contributed by atoms with E-state index in [1.54, 1.807) is 6.26 Å². The molecule has 4 heterocycles. The fraction of sp³-hybridized carbons (Fsp3) is 0.526. The SMILES string of the molecule is c1cncc(N2CCOCC3(CCCN(Cc4ccoc4)C3)C2)c1. The van der Waals surface area contributed by atoms with Crippen molar-refractivity contribution in [3.63, 3.8) is 0 Å². The summed E-state index contributed by atoms with van der Waals surface area (Å²) in [5.41, 5.74) is 2.66. The first-order chi connectivity index (χ1) is 11.8. The zero-order chi connectivity index (χ0) is 16.2. The van der Waals surface area contributed by atoms with E-state index in [-0.39, 0.29) is 5.41 Å². The number of nitrogens with zero attached hydrogens (tertiary/aromatic N) is 3. The van der Waals surface area contributed by atoms with Crippen LogP contribution in [0.25, 0.3) is 0 Å². The van der Waals surface area contributed by atoms with Gasteiger partial charge in [-0.3, -0.25) is 9.88 Å². The molecule has 0 amide bonds. The lowest BCUT2D eigenvalue weighted by molar-refractivity contribution is 0.0106. The normalized spacial score (nSPS) is 25.8. The van der Waals surface area contributed by atoms with Gasteiger partial charge in [0.25, 0.3) is 0 Å². The molecular formula is C19H25N3O2. The summed E-state index contributed by atoms with van der Waals surface area (Å²) in [6.07, 6.45) is 9.86. The summed E-state index contributed by atoms with van der Waals surface area (Å²) in [5, 5.41) is 0. The van der Waals surface area contributed by atoms with Crippen LogP contribution in [-0.4, -0.2) is 49.3 Å². The number of hydrogen-bond donors (Lipinski definition) is 0. The Morgan fingerprint density at radius 3 is 3.04 bits per heavy atom. The number of pyridine rings is 1. The molecule has 2 aromatic heterocycles. The first-order valence-electron chi connectivity index (χ1n) is 8.79. The third-order valence-corrected chi connectivity index (χ3v) is 5.18. The quantitative estimate of drug-likeness (QED) is 0.867. The average molecular weight is 327 g/mol. The maximum atomic E-state index is 6.02. The summed E-state index contributed by atoms with van der Waals surface area (Å²) < 4.78 is 11.2. The van der Waals surface area contributed by atoms with Crippen molar-refractivity contribution in [2.24, 2.45) is 5.41 Å². The van der Waals surface area contributed by atoms with Gasteiger partial charge in [-0.15, -0.1) is 0 Å². The number of ether oxygens (including phenoxy) is 1. The Labute approximate surface area is 143 Å². The molecule has 24 heavy (non-hydrogen) atoms. The molecule has 1 spiro atoms. The van der Waals surface area contributed by atoms with Crippen LogP contribution in [0.4, 0.5) is 5.69 Å². The highest BCUT2D eigenvalue weighted by molar-refractivity contribution is 5.44. The van der Waals surface area contributed by atoms with Gasteiger partial charge in [0.15, 0.2) is 0 Å². The number of likely N-dealkylation sites (tertiary alicyclic amines) is 1. The van der Waals surface area contributed by atoms with E-state index in [0.717, 1.165) is 45.9 Å². The third-order valence-electron chi connectivity index (χ3n) is 5.18. The summed E-state index contributed by atoms with van der Waals surface area (Å²) in [6, 6.07) is 6.23. The first-order valence-corrected chi connectivity index (χ1v) is 8.79. The molecule has 5 heteroatoms.